The molecule has 0 saturated carbocycles. The summed E-state index contributed by atoms with van der Waals surface area (Å²) in [5, 5.41) is 19.0. The molecule has 1 atom stereocenters. The van der Waals surface area contributed by atoms with E-state index in [0.29, 0.717) is 6.54 Å². The second-order valence-electron chi connectivity index (χ2n) is 6.17. The van der Waals surface area contributed by atoms with Crippen molar-refractivity contribution in [3.63, 3.8) is 0 Å². The molecule has 0 amide bonds. The number of aryl methyl sites for hydroxylation is 1. The van der Waals surface area contributed by atoms with Gasteiger partial charge >= 0.3 is 0 Å². The second-order valence-corrected chi connectivity index (χ2v) is 6.17. The lowest BCUT2D eigenvalue weighted by Crippen LogP contribution is -2.26. The van der Waals surface area contributed by atoms with Crippen LogP contribution in [0.15, 0.2) is 24.3 Å². The molecule has 3 nitrogen and oxygen atoms in total. The molecule has 0 unspecified atom stereocenters. The molecule has 0 radical (unpaired) electrons. The van der Waals surface area contributed by atoms with Crippen molar-refractivity contribution in [2.75, 3.05) is 13.6 Å². The summed E-state index contributed by atoms with van der Waals surface area (Å²) in [7, 11) is 2.01. The van der Waals surface area contributed by atoms with E-state index in [-0.39, 0.29) is 6.10 Å². The van der Waals surface area contributed by atoms with E-state index in [0.717, 1.165) is 19.4 Å². The first-order valence-corrected chi connectivity index (χ1v) is 6.93. The van der Waals surface area contributed by atoms with Crippen molar-refractivity contribution in [1.82, 2.24) is 4.90 Å². The van der Waals surface area contributed by atoms with Crippen LogP contribution in [0.1, 0.15) is 38.3 Å². The quantitative estimate of drug-likeness (QED) is 0.794. The van der Waals surface area contributed by atoms with Gasteiger partial charge in [0.1, 0.15) is 0 Å². The maximum absolute atomic E-state index is 9.71. The molecule has 19 heavy (non-hydrogen) atoms. The van der Waals surface area contributed by atoms with Crippen LogP contribution in [0, 0.1) is 0 Å². The fourth-order valence-corrected chi connectivity index (χ4v) is 2.09. The van der Waals surface area contributed by atoms with Crippen LogP contribution in [0.2, 0.25) is 0 Å². The van der Waals surface area contributed by atoms with Crippen molar-refractivity contribution < 1.29 is 10.2 Å². The first kappa shape index (κ1) is 16.2. The molecule has 0 heterocycles. The minimum Gasteiger partial charge on any atom is -0.392 e. The highest BCUT2D eigenvalue weighted by atomic mass is 16.3. The van der Waals surface area contributed by atoms with E-state index < -0.39 is 5.60 Å². The van der Waals surface area contributed by atoms with E-state index in [1.807, 2.05) is 20.9 Å². The van der Waals surface area contributed by atoms with Crippen molar-refractivity contribution in [3.05, 3.63) is 35.4 Å². The van der Waals surface area contributed by atoms with E-state index in [1.165, 1.54) is 11.1 Å². The van der Waals surface area contributed by atoms with Crippen LogP contribution < -0.4 is 0 Å². The zero-order chi connectivity index (χ0) is 14.5. The van der Waals surface area contributed by atoms with Gasteiger partial charge in [-0.05, 0) is 51.8 Å². The molecule has 0 fully saturated rings. The third-order valence-electron chi connectivity index (χ3n) is 3.08. The molecule has 0 bridgehead atoms. The topological polar surface area (TPSA) is 43.7 Å². The fraction of sp³-hybridized carbons (Fsp3) is 0.625. The molecule has 0 aliphatic carbocycles. The average molecular weight is 265 g/mol. The molecule has 3 heteroatoms. The Bertz CT molecular complexity index is 365. The number of rotatable bonds is 7. The number of aliphatic hydroxyl groups is 2. The van der Waals surface area contributed by atoms with Crippen molar-refractivity contribution in [3.8, 4) is 0 Å². The Kier molecular flexibility index (Phi) is 5.98. The largest absolute Gasteiger partial charge is 0.392 e. The van der Waals surface area contributed by atoms with Gasteiger partial charge in [0.15, 0.2) is 0 Å². The second kappa shape index (κ2) is 7.04. The SMILES string of the molecule is C[C@@H](O)CN(C)Cc1ccc(CCC(C)(C)O)cc1. The van der Waals surface area contributed by atoms with Crippen molar-refractivity contribution in [1.29, 1.82) is 0 Å². The van der Waals surface area contributed by atoms with Gasteiger partial charge in [-0.2, -0.15) is 0 Å². The number of benzene rings is 1. The minimum atomic E-state index is -0.601. The number of hydrogen-bond donors (Lipinski definition) is 2. The van der Waals surface area contributed by atoms with Gasteiger partial charge in [-0.25, -0.2) is 0 Å². The number of hydrogen-bond acceptors (Lipinski definition) is 3. The summed E-state index contributed by atoms with van der Waals surface area (Å²) in [5.41, 5.74) is 1.90. The summed E-state index contributed by atoms with van der Waals surface area (Å²) in [4.78, 5) is 2.11. The predicted octanol–water partition coefficient (Wildman–Crippen LogP) is 2.20. The zero-order valence-electron chi connectivity index (χ0n) is 12.6. The van der Waals surface area contributed by atoms with Gasteiger partial charge in [0.05, 0.1) is 11.7 Å². The molecular formula is C16H27NO2. The van der Waals surface area contributed by atoms with Crippen LogP contribution in [0.25, 0.3) is 0 Å². The molecule has 108 valence electrons. The van der Waals surface area contributed by atoms with Crippen molar-refractivity contribution in [2.24, 2.45) is 0 Å². The van der Waals surface area contributed by atoms with Gasteiger partial charge in [0.25, 0.3) is 0 Å². The van der Waals surface area contributed by atoms with Gasteiger partial charge in [-0.3, -0.25) is 4.90 Å². The lowest BCUT2D eigenvalue weighted by Gasteiger charge is -2.19. The Labute approximate surface area is 116 Å². The standard InChI is InChI=1S/C16H27NO2/c1-13(18)11-17(4)12-15-7-5-14(6-8-15)9-10-16(2,3)19/h5-8,13,18-19H,9-12H2,1-4H3/t13-/m1/s1. The van der Waals surface area contributed by atoms with Crippen LogP contribution in [-0.2, 0) is 13.0 Å². The Balaban J connectivity index is 2.47. The zero-order valence-corrected chi connectivity index (χ0v) is 12.6. The first-order valence-electron chi connectivity index (χ1n) is 6.93. The van der Waals surface area contributed by atoms with Crippen LogP contribution in [0.4, 0.5) is 0 Å². The molecule has 1 rings (SSSR count). The molecule has 0 aliphatic heterocycles. The van der Waals surface area contributed by atoms with Gasteiger partial charge in [-0.1, -0.05) is 24.3 Å². The number of likely N-dealkylation sites (N-methyl/N-ethyl adjacent to an activating group) is 1. The Morgan fingerprint density at radius 1 is 1.16 bits per heavy atom. The third kappa shape index (κ3) is 7.31. The van der Waals surface area contributed by atoms with Gasteiger partial charge in [0, 0.05) is 13.1 Å². The lowest BCUT2D eigenvalue weighted by atomic mass is 9.98. The Morgan fingerprint density at radius 2 is 1.68 bits per heavy atom. The molecule has 1 aromatic rings. The molecule has 0 aromatic heterocycles. The van der Waals surface area contributed by atoms with E-state index in [4.69, 9.17) is 0 Å². The van der Waals surface area contributed by atoms with Crippen molar-refractivity contribution in [2.45, 2.75) is 51.9 Å². The maximum Gasteiger partial charge on any atom is 0.0639 e. The molecule has 0 spiro atoms. The van der Waals surface area contributed by atoms with Gasteiger partial charge in [-0.15, -0.1) is 0 Å². The van der Waals surface area contributed by atoms with Gasteiger partial charge < -0.3 is 10.2 Å². The highest BCUT2D eigenvalue weighted by molar-refractivity contribution is 5.22. The summed E-state index contributed by atoms with van der Waals surface area (Å²) >= 11 is 0. The summed E-state index contributed by atoms with van der Waals surface area (Å²) in [6.45, 7) is 7.01. The molecule has 2 N–H and O–H groups in total. The minimum absolute atomic E-state index is 0.295. The lowest BCUT2D eigenvalue weighted by molar-refractivity contribution is 0.0714. The Hall–Kier alpha value is -0.900. The van der Waals surface area contributed by atoms with Crippen molar-refractivity contribution >= 4 is 0 Å². The van der Waals surface area contributed by atoms with E-state index in [9.17, 15) is 10.2 Å². The third-order valence-corrected chi connectivity index (χ3v) is 3.08. The van der Waals surface area contributed by atoms with E-state index in [1.54, 1.807) is 6.92 Å². The van der Waals surface area contributed by atoms with Crippen LogP contribution in [0.5, 0.6) is 0 Å². The summed E-state index contributed by atoms with van der Waals surface area (Å²) < 4.78 is 0. The molecular weight excluding hydrogens is 238 g/mol. The number of nitrogens with zero attached hydrogens (tertiary/aromatic N) is 1. The van der Waals surface area contributed by atoms with E-state index >= 15 is 0 Å². The molecule has 0 aliphatic rings. The first-order chi connectivity index (χ1) is 8.76. The number of aliphatic hydroxyl groups excluding tert-OH is 1. The Morgan fingerprint density at radius 3 is 2.16 bits per heavy atom. The normalized spacial score (nSPS) is 13.8. The van der Waals surface area contributed by atoms with Gasteiger partial charge in [0.2, 0.25) is 0 Å². The highest BCUT2D eigenvalue weighted by Crippen LogP contribution is 2.14. The summed E-state index contributed by atoms with van der Waals surface area (Å²) in [6, 6.07) is 8.49. The highest BCUT2D eigenvalue weighted by Gasteiger charge is 2.12. The summed E-state index contributed by atoms with van der Waals surface area (Å²) in [6.07, 6.45) is 1.37. The van der Waals surface area contributed by atoms with E-state index in [2.05, 4.69) is 29.2 Å². The monoisotopic (exact) mass is 265 g/mol. The predicted molar refractivity (Wildman–Crippen MR) is 79.1 cm³/mol. The maximum atomic E-state index is 9.71. The smallest absolute Gasteiger partial charge is 0.0639 e. The molecule has 0 saturated heterocycles. The molecule has 1 aromatic carbocycles. The average Bonchev–Trinajstić information content (AvgIpc) is 2.26. The summed E-state index contributed by atoms with van der Waals surface area (Å²) in [5.74, 6) is 0. The fourth-order valence-electron chi connectivity index (χ4n) is 2.09. The van der Waals surface area contributed by atoms with Crippen LogP contribution >= 0.6 is 0 Å². The van der Waals surface area contributed by atoms with Crippen LogP contribution in [0.3, 0.4) is 0 Å². The van der Waals surface area contributed by atoms with Crippen LogP contribution in [-0.4, -0.2) is 40.4 Å².